The lowest BCUT2D eigenvalue weighted by Gasteiger charge is -2.38. The summed E-state index contributed by atoms with van der Waals surface area (Å²) in [6, 6.07) is 5.86. The highest BCUT2D eigenvalue weighted by Gasteiger charge is 2.41. The Bertz CT molecular complexity index is 971. The van der Waals surface area contributed by atoms with Crippen molar-refractivity contribution in [2.75, 3.05) is 18.8 Å². The van der Waals surface area contributed by atoms with Crippen LogP contribution < -0.4 is 10.6 Å². The van der Waals surface area contributed by atoms with Crippen molar-refractivity contribution in [2.24, 2.45) is 0 Å². The minimum atomic E-state index is -0.654. The maximum absolute atomic E-state index is 13.7. The minimum Gasteiger partial charge on any atom is -0.350 e. The third-order valence-corrected chi connectivity index (χ3v) is 7.86. The smallest absolute Gasteiger partial charge is 0.246 e. The molecule has 2 bridgehead atoms. The molecule has 1 aromatic rings. The van der Waals surface area contributed by atoms with Crippen LogP contribution in [-0.2, 0) is 32.1 Å². The minimum absolute atomic E-state index is 0.0668. The molecule has 3 aliphatic rings. The van der Waals surface area contributed by atoms with Crippen LogP contribution in [0.4, 0.5) is 0 Å². The summed E-state index contributed by atoms with van der Waals surface area (Å²) in [5.74, 6) is 0.0774. The van der Waals surface area contributed by atoms with Crippen LogP contribution in [0.1, 0.15) is 68.9 Å². The first-order valence-corrected chi connectivity index (χ1v) is 14.0. The molecule has 4 amide bonds. The fourth-order valence-corrected chi connectivity index (χ4v) is 5.82. The molecule has 2 fully saturated rings. The van der Waals surface area contributed by atoms with Gasteiger partial charge in [0.2, 0.25) is 23.6 Å². The van der Waals surface area contributed by atoms with Crippen LogP contribution in [0, 0.1) is 0 Å². The second-order valence-corrected chi connectivity index (χ2v) is 10.6. The number of hydrogen-bond donors (Lipinski definition) is 3. The van der Waals surface area contributed by atoms with Crippen molar-refractivity contribution in [3.63, 3.8) is 0 Å². The second kappa shape index (κ2) is 12.6. The van der Waals surface area contributed by atoms with Gasteiger partial charge in [-0.2, -0.15) is 12.6 Å². The molecule has 3 atom stereocenters. The van der Waals surface area contributed by atoms with E-state index in [1.807, 2.05) is 24.3 Å². The van der Waals surface area contributed by atoms with E-state index in [4.69, 9.17) is 0 Å². The fourth-order valence-electron chi connectivity index (χ4n) is 5.59. The summed E-state index contributed by atoms with van der Waals surface area (Å²) < 4.78 is 0. The van der Waals surface area contributed by atoms with E-state index in [-0.39, 0.29) is 30.0 Å². The number of hydrogen-bond acceptors (Lipinski definition) is 5. The van der Waals surface area contributed by atoms with E-state index in [0.29, 0.717) is 38.9 Å². The van der Waals surface area contributed by atoms with Crippen LogP contribution in [0.3, 0.4) is 0 Å². The first-order valence-electron chi connectivity index (χ1n) is 13.3. The third-order valence-electron chi connectivity index (χ3n) is 7.54. The molecule has 0 spiro atoms. The van der Waals surface area contributed by atoms with E-state index in [2.05, 4.69) is 23.3 Å². The van der Waals surface area contributed by atoms with E-state index >= 15 is 0 Å². The summed E-state index contributed by atoms with van der Waals surface area (Å²) in [5.41, 5.74) is 1.76. The van der Waals surface area contributed by atoms with Gasteiger partial charge in [-0.05, 0) is 61.8 Å². The van der Waals surface area contributed by atoms with Crippen molar-refractivity contribution < 1.29 is 19.2 Å². The number of unbranched alkanes of at least 4 members (excludes halogenated alkanes) is 2. The summed E-state index contributed by atoms with van der Waals surface area (Å²) in [5, 5.41) is 5.93. The van der Waals surface area contributed by atoms with Crippen molar-refractivity contribution in [3.05, 3.63) is 35.4 Å². The molecule has 0 unspecified atom stereocenters. The molecule has 4 rings (SSSR count). The highest BCUT2D eigenvalue weighted by molar-refractivity contribution is 7.80. The van der Waals surface area contributed by atoms with Crippen molar-refractivity contribution >= 4 is 36.3 Å². The summed E-state index contributed by atoms with van der Waals surface area (Å²) in [6.07, 6.45) is 7.12. The quantitative estimate of drug-likeness (QED) is 0.415. The fraction of sp³-hybridized carbons (Fsp3) is 0.630. The van der Waals surface area contributed by atoms with Gasteiger partial charge < -0.3 is 20.4 Å². The number of nitrogens with one attached hydrogen (secondary N) is 2. The van der Waals surface area contributed by atoms with Gasteiger partial charge in [0.25, 0.3) is 0 Å². The predicted octanol–water partition coefficient (Wildman–Crippen LogP) is 2.21. The van der Waals surface area contributed by atoms with E-state index in [1.165, 1.54) is 0 Å². The highest BCUT2D eigenvalue weighted by Crippen LogP contribution is 2.26. The Morgan fingerprint density at radius 3 is 2.47 bits per heavy atom. The zero-order valence-corrected chi connectivity index (χ0v) is 21.8. The zero-order valence-electron chi connectivity index (χ0n) is 20.9. The molecule has 0 aliphatic carbocycles. The van der Waals surface area contributed by atoms with Gasteiger partial charge in [0.15, 0.2) is 0 Å². The lowest BCUT2D eigenvalue weighted by Crippen LogP contribution is -2.58. The number of carbonyl (C=O) groups is 4. The van der Waals surface area contributed by atoms with E-state index in [0.717, 1.165) is 55.4 Å². The number of fused-ring (bicyclic) bond motifs is 4. The van der Waals surface area contributed by atoms with Crippen LogP contribution in [0.15, 0.2) is 24.3 Å². The van der Waals surface area contributed by atoms with Gasteiger partial charge in [-0.1, -0.05) is 37.1 Å². The van der Waals surface area contributed by atoms with Crippen LogP contribution >= 0.6 is 12.6 Å². The normalized spacial score (nSPS) is 25.8. The Hall–Kier alpha value is -2.55. The molecule has 36 heavy (non-hydrogen) atoms. The largest absolute Gasteiger partial charge is 0.350 e. The van der Waals surface area contributed by atoms with E-state index < -0.39 is 18.1 Å². The van der Waals surface area contributed by atoms with Gasteiger partial charge in [-0.3, -0.25) is 19.2 Å². The Kier molecular flexibility index (Phi) is 9.29. The van der Waals surface area contributed by atoms with Crippen LogP contribution in [0.25, 0.3) is 0 Å². The molecule has 3 aliphatic heterocycles. The number of rotatable bonds is 5. The van der Waals surface area contributed by atoms with Crippen LogP contribution in [0.2, 0.25) is 0 Å². The lowest BCUT2D eigenvalue weighted by molar-refractivity contribution is -0.150. The molecule has 8 nitrogen and oxygen atoms in total. The highest BCUT2D eigenvalue weighted by atomic mass is 32.1. The monoisotopic (exact) mass is 514 g/mol. The predicted molar refractivity (Wildman–Crippen MR) is 140 cm³/mol. The standard InChI is InChI=1S/C27H38N4O4S/c32-24-17-19-8-6-9-20(16-19)18-28-25(33)21(10-2-1-5-15-36)29-26(34)22-12-7-14-31(22)27(35)23-11-3-4-13-30(23)24/h6,8-9,16,21-23,36H,1-5,7,10-15,17-18H2,(H,28,33)(H,29,34)/t21-,22+,23-/m0/s1. The Morgan fingerprint density at radius 2 is 1.64 bits per heavy atom. The Balaban J connectivity index is 1.61. The summed E-state index contributed by atoms with van der Waals surface area (Å²) in [6.45, 7) is 1.38. The van der Waals surface area contributed by atoms with Crippen molar-refractivity contribution in [2.45, 2.75) is 88.9 Å². The molecular formula is C27H38N4O4S. The van der Waals surface area contributed by atoms with Crippen LogP contribution in [0.5, 0.6) is 0 Å². The zero-order chi connectivity index (χ0) is 25.5. The number of nitrogens with zero attached hydrogens (tertiary/aromatic N) is 2. The van der Waals surface area contributed by atoms with Gasteiger partial charge in [0, 0.05) is 19.6 Å². The first kappa shape index (κ1) is 26.5. The molecule has 0 aromatic heterocycles. The second-order valence-electron chi connectivity index (χ2n) is 10.1. The Morgan fingerprint density at radius 1 is 0.861 bits per heavy atom. The van der Waals surface area contributed by atoms with Gasteiger partial charge in [0.1, 0.15) is 18.1 Å². The maximum atomic E-state index is 13.7. The van der Waals surface area contributed by atoms with Crippen molar-refractivity contribution in [1.29, 1.82) is 0 Å². The number of thiol groups is 1. The molecule has 3 heterocycles. The lowest BCUT2D eigenvalue weighted by atomic mass is 9.98. The van der Waals surface area contributed by atoms with Gasteiger partial charge >= 0.3 is 0 Å². The van der Waals surface area contributed by atoms with Gasteiger partial charge in [0.05, 0.1) is 6.42 Å². The number of piperidine rings is 1. The average molecular weight is 515 g/mol. The molecule has 0 radical (unpaired) electrons. The molecule has 9 heteroatoms. The number of carbonyl (C=O) groups excluding carboxylic acids is 4. The molecule has 1 aromatic carbocycles. The molecule has 196 valence electrons. The number of amides is 4. The third kappa shape index (κ3) is 6.41. The Labute approximate surface area is 218 Å². The molecular weight excluding hydrogens is 476 g/mol. The van der Waals surface area contributed by atoms with E-state index in [1.54, 1.807) is 9.80 Å². The molecule has 2 saturated heterocycles. The van der Waals surface area contributed by atoms with E-state index in [9.17, 15) is 19.2 Å². The first-order chi connectivity index (χ1) is 17.5. The number of benzene rings is 1. The maximum Gasteiger partial charge on any atom is 0.246 e. The topological polar surface area (TPSA) is 98.8 Å². The summed E-state index contributed by atoms with van der Waals surface area (Å²) >= 11 is 4.26. The molecule has 2 N–H and O–H groups in total. The SMILES string of the molecule is O=C1NCc2cccc(c2)CC(=O)N2CCCC[C@H]2C(=O)N2CCC[C@@H]2C(=O)N[C@H]1CCCCCS. The van der Waals surface area contributed by atoms with Gasteiger partial charge in [-0.15, -0.1) is 0 Å². The summed E-state index contributed by atoms with van der Waals surface area (Å²) in [4.78, 5) is 56.8. The van der Waals surface area contributed by atoms with Crippen LogP contribution in [-0.4, -0.2) is 70.4 Å². The molecule has 0 saturated carbocycles. The summed E-state index contributed by atoms with van der Waals surface area (Å²) in [7, 11) is 0. The average Bonchev–Trinajstić information content (AvgIpc) is 3.38. The van der Waals surface area contributed by atoms with Gasteiger partial charge in [-0.25, -0.2) is 0 Å². The van der Waals surface area contributed by atoms with Crippen molar-refractivity contribution in [3.8, 4) is 0 Å². The van der Waals surface area contributed by atoms with Crippen molar-refractivity contribution in [1.82, 2.24) is 20.4 Å².